The molecule has 0 radical (unpaired) electrons. The molecule has 0 saturated heterocycles. The van der Waals surface area contributed by atoms with Crippen LogP contribution in [0.4, 0.5) is 5.82 Å². The van der Waals surface area contributed by atoms with Gasteiger partial charge < -0.3 is 9.84 Å². The first-order valence-corrected chi connectivity index (χ1v) is 9.85. The van der Waals surface area contributed by atoms with E-state index in [-0.39, 0.29) is 11.9 Å². The van der Waals surface area contributed by atoms with Gasteiger partial charge in [0.05, 0.1) is 17.9 Å². The highest BCUT2D eigenvalue weighted by Crippen LogP contribution is 2.23. The minimum Gasteiger partial charge on any atom is -0.361 e. The molecule has 1 saturated carbocycles. The minimum atomic E-state index is -0.332. The number of hydrogen-bond acceptors (Lipinski definition) is 5. The monoisotopic (exact) mass is 412 g/mol. The molecule has 29 heavy (non-hydrogen) atoms. The Morgan fingerprint density at radius 2 is 2.03 bits per heavy atom. The summed E-state index contributed by atoms with van der Waals surface area (Å²) in [4.78, 5) is 17.3. The Kier molecular flexibility index (Phi) is 5.62. The van der Waals surface area contributed by atoms with Gasteiger partial charge in [0.2, 0.25) is 5.96 Å². The molecule has 4 rings (SSSR count). The van der Waals surface area contributed by atoms with Crippen molar-refractivity contribution in [2.75, 3.05) is 5.32 Å². The molecule has 2 heterocycles. The van der Waals surface area contributed by atoms with Crippen molar-refractivity contribution in [1.82, 2.24) is 20.7 Å². The molecule has 0 spiro atoms. The molecular formula is C20H21ClN6O2. The number of halogens is 1. The number of carbonyl (C=O) groups is 1. The predicted octanol–water partition coefficient (Wildman–Crippen LogP) is 4.17. The lowest BCUT2D eigenvalue weighted by Crippen LogP contribution is -2.37. The Bertz CT molecular complexity index is 1020. The van der Waals surface area contributed by atoms with Crippen molar-refractivity contribution >= 4 is 29.3 Å². The second kappa shape index (κ2) is 8.48. The molecule has 1 aliphatic rings. The molecular weight excluding hydrogens is 392 g/mol. The average molecular weight is 413 g/mol. The summed E-state index contributed by atoms with van der Waals surface area (Å²) >= 11 is 5.95. The third-order valence-electron chi connectivity index (χ3n) is 4.84. The summed E-state index contributed by atoms with van der Waals surface area (Å²) in [5.74, 6) is 1.03. The third kappa shape index (κ3) is 4.65. The van der Waals surface area contributed by atoms with E-state index in [0.29, 0.717) is 28.1 Å². The van der Waals surface area contributed by atoms with Crippen LogP contribution < -0.4 is 10.6 Å². The van der Waals surface area contributed by atoms with Crippen LogP contribution >= 0.6 is 11.6 Å². The lowest BCUT2D eigenvalue weighted by molar-refractivity contribution is 0.0975. The maximum atomic E-state index is 12.6. The number of benzene rings is 1. The Labute approximate surface area is 172 Å². The molecule has 3 N–H and O–H groups in total. The number of rotatable bonds is 4. The molecule has 1 aromatic carbocycles. The van der Waals surface area contributed by atoms with Gasteiger partial charge in [0.25, 0.3) is 5.91 Å². The van der Waals surface area contributed by atoms with E-state index in [1.54, 1.807) is 6.92 Å². The number of aromatic amines is 1. The fourth-order valence-electron chi connectivity index (χ4n) is 3.29. The van der Waals surface area contributed by atoms with Gasteiger partial charge in [-0.1, -0.05) is 41.7 Å². The maximum absolute atomic E-state index is 12.6. The summed E-state index contributed by atoms with van der Waals surface area (Å²) in [5.41, 5.74) is 2.15. The normalized spacial score (nSPS) is 14.9. The van der Waals surface area contributed by atoms with Gasteiger partial charge in [-0.2, -0.15) is 5.10 Å². The van der Waals surface area contributed by atoms with E-state index in [2.05, 4.69) is 26.0 Å². The van der Waals surface area contributed by atoms with Crippen LogP contribution in [0.1, 0.15) is 41.8 Å². The van der Waals surface area contributed by atoms with Crippen LogP contribution in [-0.2, 0) is 0 Å². The van der Waals surface area contributed by atoms with Crippen molar-refractivity contribution in [2.24, 2.45) is 4.99 Å². The van der Waals surface area contributed by atoms with E-state index in [1.165, 1.54) is 6.20 Å². The number of amides is 1. The van der Waals surface area contributed by atoms with Crippen LogP contribution in [0, 0.1) is 6.92 Å². The van der Waals surface area contributed by atoms with Crippen LogP contribution in [-0.4, -0.2) is 33.3 Å². The summed E-state index contributed by atoms with van der Waals surface area (Å²) in [6, 6.07) is 9.48. The lowest BCUT2D eigenvalue weighted by Gasteiger charge is -2.12. The van der Waals surface area contributed by atoms with Gasteiger partial charge >= 0.3 is 0 Å². The molecule has 150 valence electrons. The molecule has 1 fully saturated rings. The average Bonchev–Trinajstić information content (AvgIpc) is 3.45. The molecule has 1 amide bonds. The van der Waals surface area contributed by atoms with Gasteiger partial charge in [0.15, 0.2) is 5.82 Å². The molecule has 9 heteroatoms. The van der Waals surface area contributed by atoms with Gasteiger partial charge in [-0.05, 0) is 37.5 Å². The van der Waals surface area contributed by atoms with Crippen molar-refractivity contribution in [3.05, 3.63) is 52.9 Å². The third-order valence-corrected chi connectivity index (χ3v) is 5.10. The van der Waals surface area contributed by atoms with Gasteiger partial charge in [-0.15, -0.1) is 0 Å². The van der Waals surface area contributed by atoms with E-state index in [4.69, 9.17) is 21.1 Å². The molecule has 2 aromatic heterocycles. The van der Waals surface area contributed by atoms with Crippen LogP contribution in [0.2, 0.25) is 5.02 Å². The summed E-state index contributed by atoms with van der Waals surface area (Å²) in [6.45, 7) is 1.69. The SMILES string of the molecule is Cc1oncc1C(=O)NC(=NC1CCCC1)Nc1cc(-c2ccc(Cl)cc2)[nH]n1. The van der Waals surface area contributed by atoms with Crippen LogP contribution in [0.25, 0.3) is 11.3 Å². The molecule has 0 bridgehead atoms. The highest BCUT2D eigenvalue weighted by atomic mass is 35.5. The largest absolute Gasteiger partial charge is 0.361 e. The molecule has 8 nitrogen and oxygen atoms in total. The fourth-order valence-corrected chi connectivity index (χ4v) is 3.41. The quantitative estimate of drug-likeness (QED) is 0.440. The molecule has 0 unspecified atom stereocenters. The fraction of sp³-hybridized carbons (Fsp3) is 0.300. The summed E-state index contributed by atoms with van der Waals surface area (Å²) in [7, 11) is 0. The second-order valence-electron chi connectivity index (χ2n) is 6.96. The predicted molar refractivity (Wildman–Crippen MR) is 111 cm³/mol. The van der Waals surface area contributed by atoms with E-state index in [0.717, 1.165) is 36.9 Å². The highest BCUT2D eigenvalue weighted by molar-refractivity contribution is 6.30. The zero-order chi connectivity index (χ0) is 20.2. The standard InChI is InChI=1S/C20H21ClN6O2/c1-12-16(11-22-29-12)19(28)25-20(23-15-4-2-3-5-15)24-18-10-17(26-27-18)13-6-8-14(21)9-7-13/h6-11,15H,2-5H2,1H3,(H3,23,24,25,26,27,28). The molecule has 0 aliphatic heterocycles. The molecule has 0 atom stereocenters. The zero-order valence-corrected chi connectivity index (χ0v) is 16.7. The van der Waals surface area contributed by atoms with Crippen molar-refractivity contribution in [2.45, 2.75) is 38.6 Å². The van der Waals surface area contributed by atoms with E-state index < -0.39 is 0 Å². The number of aliphatic imine (C=N–C) groups is 1. The first kappa shape index (κ1) is 19.2. The van der Waals surface area contributed by atoms with E-state index in [9.17, 15) is 4.79 Å². The van der Waals surface area contributed by atoms with Gasteiger partial charge in [-0.25, -0.2) is 4.99 Å². The maximum Gasteiger partial charge on any atom is 0.263 e. The topological polar surface area (TPSA) is 108 Å². The summed E-state index contributed by atoms with van der Waals surface area (Å²) in [5, 5.41) is 17.5. The summed E-state index contributed by atoms with van der Waals surface area (Å²) < 4.78 is 4.98. The number of carbonyl (C=O) groups excluding carboxylic acids is 1. The van der Waals surface area contributed by atoms with Crippen molar-refractivity contribution in [3.8, 4) is 11.3 Å². The number of hydrogen-bond donors (Lipinski definition) is 3. The van der Waals surface area contributed by atoms with Crippen molar-refractivity contribution < 1.29 is 9.32 Å². The van der Waals surface area contributed by atoms with E-state index >= 15 is 0 Å². The zero-order valence-electron chi connectivity index (χ0n) is 15.9. The van der Waals surface area contributed by atoms with Gasteiger partial charge in [0.1, 0.15) is 11.3 Å². The van der Waals surface area contributed by atoms with Gasteiger partial charge in [-0.3, -0.25) is 15.2 Å². The number of guanidine groups is 1. The van der Waals surface area contributed by atoms with Crippen LogP contribution in [0.3, 0.4) is 0 Å². The van der Waals surface area contributed by atoms with Gasteiger partial charge in [0, 0.05) is 11.1 Å². The smallest absolute Gasteiger partial charge is 0.263 e. The number of aromatic nitrogens is 3. The Hall–Kier alpha value is -3.13. The Morgan fingerprint density at radius 1 is 1.28 bits per heavy atom. The minimum absolute atomic E-state index is 0.177. The summed E-state index contributed by atoms with van der Waals surface area (Å²) in [6.07, 6.45) is 5.69. The first-order chi connectivity index (χ1) is 14.1. The van der Waals surface area contributed by atoms with Crippen LogP contribution in [0.5, 0.6) is 0 Å². The molecule has 3 aromatic rings. The Balaban J connectivity index is 1.53. The number of aryl methyl sites for hydroxylation is 1. The highest BCUT2D eigenvalue weighted by Gasteiger charge is 2.19. The van der Waals surface area contributed by atoms with Crippen molar-refractivity contribution in [3.63, 3.8) is 0 Å². The first-order valence-electron chi connectivity index (χ1n) is 9.47. The molecule has 1 aliphatic carbocycles. The number of H-pyrrole nitrogens is 1. The second-order valence-corrected chi connectivity index (χ2v) is 7.40. The van der Waals surface area contributed by atoms with E-state index in [1.807, 2.05) is 30.3 Å². The number of nitrogens with one attached hydrogen (secondary N) is 3. The number of nitrogens with zero attached hydrogens (tertiary/aromatic N) is 3. The number of anilines is 1. The lowest BCUT2D eigenvalue weighted by atomic mass is 10.1. The van der Waals surface area contributed by atoms with Crippen LogP contribution in [0.15, 0.2) is 46.0 Å². The Morgan fingerprint density at radius 3 is 2.72 bits per heavy atom. The van der Waals surface area contributed by atoms with Crippen molar-refractivity contribution in [1.29, 1.82) is 0 Å².